The Labute approximate surface area is 104 Å². The van der Waals surface area contributed by atoms with Crippen LogP contribution in [-0.2, 0) is 0 Å². The summed E-state index contributed by atoms with van der Waals surface area (Å²) < 4.78 is 0. The van der Waals surface area contributed by atoms with E-state index in [2.05, 4.69) is 15.3 Å². The lowest BCUT2D eigenvalue weighted by atomic mass is 9.98. The number of imidazole rings is 1. The molecule has 0 amide bonds. The molecule has 0 atom stereocenters. The predicted molar refractivity (Wildman–Crippen MR) is 67.9 cm³/mol. The van der Waals surface area contributed by atoms with Crippen molar-refractivity contribution >= 4 is 17.0 Å². The van der Waals surface area contributed by atoms with Crippen molar-refractivity contribution in [1.82, 2.24) is 15.3 Å². The minimum atomic E-state index is -0.907. The van der Waals surface area contributed by atoms with Crippen molar-refractivity contribution in [3.8, 4) is 0 Å². The Hall–Kier alpha value is -1.88. The van der Waals surface area contributed by atoms with Crippen LogP contribution in [0.1, 0.15) is 34.9 Å². The number of carboxylic acids is 1. The highest BCUT2D eigenvalue weighted by molar-refractivity contribution is 5.92. The maximum atomic E-state index is 10.9. The van der Waals surface area contributed by atoms with Crippen molar-refractivity contribution in [3.63, 3.8) is 0 Å². The summed E-state index contributed by atoms with van der Waals surface area (Å²) in [4.78, 5) is 18.7. The second-order valence-corrected chi connectivity index (χ2v) is 4.68. The Morgan fingerprint density at radius 2 is 2.11 bits per heavy atom. The molecular formula is C13H15N3O2. The minimum absolute atomic E-state index is 0.294. The standard InChI is InChI=1S/C13H15N3O2/c17-13(18)9-1-2-10-11(7-9)16-12(15-10)8-3-5-14-6-4-8/h1-2,7-8,14H,3-6H2,(H,15,16)(H,17,18). The number of piperidine rings is 1. The fourth-order valence-electron chi connectivity index (χ4n) is 2.45. The summed E-state index contributed by atoms with van der Waals surface area (Å²) in [5.74, 6) is 0.524. The van der Waals surface area contributed by atoms with Gasteiger partial charge in [-0.15, -0.1) is 0 Å². The number of aromatic nitrogens is 2. The third kappa shape index (κ3) is 1.97. The molecule has 0 spiro atoms. The first-order valence-corrected chi connectivity index (χ1v) is 6.18. The van der Waals surface area contributed by atoms with Crippen LogP contribution in [0.5, 0.6) is 0 Å². The summed E-state index contributed by atoms with van der Waals surface area (Å²) in [6, 6.07) is 5.01. The van der Waals surface area contributed by atoms with Crippen molar-refractivity contribution in [2.24, 2.45) is 0 Å². The van der Waals surface area contributed by atoms with Gasteiger partial charge in [-0.3, -0.25) is 0 Å². The van der Waals surface area contributed by atoms with Gasteiger partial charge < -0.3 is 15.4 Å². The molecule has 1 saturated heterocycles. The quantitative estimate of drug-likeness (QED) is 0.753. The van der Waals surface area contributed by atoms with E-state index in [9.17, 15) is 4.79 Å². The largest absolute Gasteiger partial charge is 0.478 e. The summed E-state index contributed by atoms with van der Waals surface area (Å²) >= 11 is 0. The van der Waals surface area contributed by atoms with Crippen LogP contribution in [0.2, 0.25) is 0 Å². The van der Waals surface area contributed by atoms with E-state index >= 15 is 0 Å². The van der Waals surface area contributed by atoms with Crippen molar-refractivity contribution in [2.45, 2.75) is 18.8 Å². The number of nitrogens with zero attached hydrogens (tertiary/aromatic N) is 1. The number of carboxylic acid groups (broad SMARTS) is 1. The minimum Gasteiger partial charge on any atom is -0.478 e. The van der Waals surface area contributed by atoms with Crippen LogP contribution in [0, 0.1) is 0 Å². The van der Waals surface area contributed by atoms with Gasteiger partial charge in [-0.05, 0) is 44.1 Å². The number of benzene rings is 1. The number of nitrogens with one attached hydrogen (secondary N) is 2. The lowest BCUT2D eigenvalue weighted by Gasteiger charge is -2.20. The van der Waals surface area contributed by atoms with Crippen LogP contribution in [0.3, 0.4) is 0 Å². The molecule has 18 heavy (non-hydrogen) atoms. The number of fused-ring (bicyclic) bond motifs is 1. The van der Waals surface area contributed by atoms with Crippen LogP contribution < -0.4 is 5.32 Å². The van der Waals surface area contributed by atoms with E-state index < -0.39 is 5.97 Å². The van der Waals surface area contributed by atoms with Gasteiger partial charge in [-0.1, -0.05) is 0 Å². The molecule has 2 heterocycles. The molecule has 0 bridgehead atoms. The Bertz CT molecular complexity index is 585. The fourth-order valence-corrected chi connectivity index (χ4v) is 2.45. The smallest absolute Gasteiger partial charge is 0.335 e. The van der Waals surface area contributed by atoms with Crippen LogP contribution in [-0.4, -0.2) is 34.1 Å². The van der Waals surface area contributed by atoms with E-state index in [1.54, 1.807) is 18.2 Å². The van der Waals surface area contributed by atoms with E-state index in [0.717, 1.165) is 42.8 Å². The van der Waals surface area contributed by atoms with E-state index in [1.807, 2.05) is 0 Å². The first-order chi connectivity index (χ1) is 8.74. The Balaban J connectivity index is 1.97. The summed E-state index contributed by atoms with van der Waals surface area (Å²) in [5, 5.41) is 12.3. The molecule has 1 aromatic carbocycles. The Kier molecular flexibility index (Phi) is 2.76. The molecule has 94 valence electrons. The average molecular weight is 245 g/mol. The molecule has 2 aromatic rings. The zero-order valence-electron chi connectivity index (χ0n) is 9.94. The molecule has 0 aliphatic carbocycles. The van der Waals surface area contributed by atoms with Crippen LogP contribution in [0.15, 0.2) is 18.2 Å². The predicted octanol–water partition coefficient (Wildman–Crippen LogP) is 1.73. The van der Waals surface area contributed by atoms with E-state index in [4.69, 9.17) is 5.11 Å². The summed E-state index contributed by atoms with van der Waals surface area (Å²) in [6.45, 7) is 2.03. The molecular weight excluding hydrogens is 230 g/mol. The monoisotopic (exact) mass is 245 g/mol. The topological polar surface area (TPSA) is 78.0 Å². The number of aromatic amines is 1. The zero-order valence-corrected chi connectivity index (χ0v) is 9.94. The van der Waals surface area contributed by atoms with Gasteiger partial charge in [0.2, 0.25) is 0 Å². The maximum absolute atomic E-state index is 10.9. The molecule has 1 aliphatic rings. The fraction of sp³-hybridized carbons (Fsp3) is 0.385. The molecule has 3 N–H and O–H groups in total. The molecule has 0 unspecified atom stereocenters. The average Bonchev–Trinajstić information content (AvgIpc) is 2.82. The normalized spacial score (nSPS) is 17.1. The van der Waals surface area contributed by atoms with Gasteiger partial charge in [0.15, 0.2) is 0 Å². The van der Waals surface area contributed by atoms with Gasteiger partial charge in [-0.2, -0.15) is 0 Å². The summed E-state index contributed by atoms with van der Waals surface area (Å²) in [6.07, 6.45) is 2.15. The maximum Gasteiger partial charge on any atom is 0.335 e. The van der Waals surface area contributed by atoms with Gasteiger partial charge in [-0.25, -0.2) is 9.78 Å². The van der Waals surface area contributed by atoms with Gasteiger partial charge in [0.05, 0.1) is 16.6 Å². The second-order valence-electron chi connectivity index (χ2n) is 4.68. The highest BCUT2D eigenvalue weighted by Crippen LogP contribution is 2.25. The van der Waals surface area contributed by atoms with Crippen molar-refractivity contribution in [1.29, 1.82) is 0 Å². The van der Waals surface area contributed by atoms with Crippen LogP contribution >= 0.6 is 0 Å². The molecule has 1 aromatic heterocycles. The van der Waals surface area contributed by atoms with Crippen LogP contribution in [0.25, 0.3) is 11.0 Å². The second kappa shape index (κ2) is 4.42. The number of hydrogen-bond donors (Lipinski definition) is 3. The lowest BCUT2D eigenvalue weighted by molar-refractivity contribution is 0.0697. The lowest BCUT2D eigenvalue weighted by Crippen LogP contribution is -2.27. The van der Waals surface area contributed by atoms with Gasteiger partial charge in [0.1, 0.15) is 5.82 Å². The third-order valence-electron chi connectivity index (χ3n) is 3.47. The highest BCUT2D eigenvalue weighted by atomic mass is 16.4. The third-order valence-corrected chi connectivity index (χ3v) is 3.47. The van der Waals surface area contributed by atoms with E-state index in [1.165, 1.54) is 0 Å². The van der Waals surface area contributed by atoms with Crippen molar-refractivity contribution < 1.29 is 9.90 Å². The van der Waals surface area contributed by atoms with Crippen LogP contribution in [0.4, 0.5) is 0 Å². The zero-order chi connectivity index (χ0) is 12.5. The first kappa shape index (κ1) is 11.2. The van der Waals surface area contributed by atoms with Gasteiger partial charge in [0, 0.05) is 5.92 Å². The van der Waals surface area contributed by atoms with E-state index in [-0.39, 0.29) is 0 Å². The van der Waals surface area contributed by atoms with Crippen molar-refractivity contribution in [2.75, 3.05) is 13.1 Å². The molecule has 1 fully saturated rings. The number of aromatic carboxylic acids is 1. The number of hydrogen-bond acceptors (Lipinski definition) is 3. The Morgan fingerprint density at radius 1 is 1.33 bits per heavy atom. The van der Waals surface area contributed by atoms with Gasteiger partial charge >= 0.3 is 5.97 Å². The van der Waals surface area contributed by atoms with Crippen molar-refractivity contribution in [3.05, 3.63) is 29.6 Å². The number of rotatable bonds is 2. The molecule has 5 nitrogen and oxygen atoms in total. The Morgan fingerprint density at radius 3 is 2.83 bits per heavy atom. The molecule has 5 heteroatoms. The molecule has 3 rings (SSSR count). The number of H-pyrrole nitrogens is 1. The van der Waals surface area contributed by atoms with Gasteiger partial charge in [0.25, 0.3) is 0 Å². The summed E-state index contributed by atoms with van der Waals surface area (Å²) in [5.41, 5.74) is 1.94. The molecule has 1 aliphatic heterocycles. The van der Waals surface area contributed by atoms with E-state index in [0.29, 0.717) is 11.5 Å². The SMILES string of the molecule is O=C(O)c1ccc2nc(C3CCNCC3)[nH]c2c1. The first-order valence-electron chi connectivity index (χ1n) is 6.18. The summed E-state index contributed by atoms with van der Waals surface area (Å²) in [7, 11) is 0. The highest BCUT2D eigenvalue weighted by Gasteiger charge is 2.18. The molecule has 0 saturated carbocycles. The number of carbonyl (C=O) groups is 1. The molecule has 0 radical (unpaired) electrons.